The van der Waals surface area contributed by atoms with Crippen molar-refractivity contribution in [1.82, 2.24) is 24.4 Å². The molecule has 0 unspecified atom stereocenters. The van der Waals surface area contributed by atoms with Gasteiger partial charge in [0.25, 0.3) is 5.91 Å². The van der Waals surface area contributed by atoms with Crippen LogP contribution in [0.4, 0.5) is 0 Å². The van der Waals surface area contributed by atoms with Gasteiger partial charge in [-0.25, -0.2) is 9.50 Å². The van der Waals surface area contributed by atoms with Crippen molar-refractivity contribution in [3.8, 4) is 28.3 Å². The molecule has 0 saturated heterocycles. The van der Waals surface area contributed by atoms with E-state index in [1.54, 1.807) is 11.6 Å². The van der Waals surface area contributed by atoms with E-state index in [0.29, 0.717) is 35.9 Å². The van der Waals surface area contributed by atoms with Gasteiger partial charge in [0.05, 0.1) is 18.5 Å². The summed E-state index contributed by atoms with van der Waals surface area (Å²) in [6.45, 7) is 1.80. The maximum atomic E-state index is 14.2. The van der Waals surface area contributed by atoms with Crippen molar-refractivity contribution in [3.63, 3.8) is 0 Å². The molecule has 2 heterocycles. The number of para-hydroxylation sites is 1. The largest absolute Gasteiger partial charge is 0.496 e. The Hall–Kier alpha value is -4.49. The smallest absolute Gasteiger partial charge is 0.273 e. The molecule has 0 aliphatic heterocycles. The third kappa shape index (κ3) is 5.43. The molecule has 192 valence electrons. The fourth-order valence-electron chi connectivity index (χ4n) is 4.41. The monoisotopic (exact) mass is 505 g/mol. The normalized spacial score (nSPS) is 11.2. The van der Waals surface area contributed by atoms with E-state index in [1.807, 2.05) is 116 Å². The van der Waals surface area contributed by atoms with E-state index in [1.165, 1.54) is 0 Å². The first kappa shape index (κ1) is 25.2. The van der Waals surface area contributed by atoms with E-state index in [0.717, 1.165) is 28.9 Å². The summed E-state index contributed by atoms with van der Waals surface area (Å²) in [5.74, 6) is 0.584. The van der Waals surface area contributed by atoms with Gasteiger partial charge in [-0.15, -0.1) is 0 Å². The fraction of sp³-hybridized carbons (Fsp3) is 0.194. The van der Waals surface area contributed by atoms with E-state index < -0.39 is 0 Å². The van der Waals surface area contributed by atoms with Crippen molar-refractivity contribution in [3.05, 3.63) is 108 Å². The zero-order chi connectivity index (χ0) is 26.5. The van der Waals surface area contributed by atoms with E-state index in [4.69, 9.17) is 14.8 Å². The minimum atomic E-state index is -0.109. The molecule has 7 nitrogen and oxygen atoms in total. The zero-order valence-corrected chi connectivity index (χ0v) is 21.9. The van der Waals surface area contributed by atoms with Crippen LogP contribution in [-0.4, -0.2) is 64.6 Å². The second kappa shape index (κ2) is 11.3. The molecule has 0 N–H and O–H groups in total. The number of fused-ring (bicyclic) bond motifs is 1. The zero-order valence-electron chi connectivity index (χ0n) is 21.9. The number of hydrogen-bond acceptors (Lipinski definition) is 5. The highest BCUT2D eigenvalue weighted by atomic mass is 16.5. The van der Waals surface area contributed by atoms with Gasteiger partial charge < -0.3 is 14.5 Å². The number of nitrogens with zero attached hydrogens (tertiary/aromatic N) is 5. The lowest BCUT2D eigenvalue weighted by atomic mass is 10.1. The molecule has 0 spiro atoms. The first-order chi connectivity index (χ1) is 18.5. The van der Waals surface area contributed by atoms with Crippen molar-refractivity contribution in [1.29, 1.82) is 0 Å². The topological polar surface area (TPSA) is 63.0 Å². The van der Waals surface area contributed by atoms with Crippen LogP contribution in [-0.2, 0) is 6.54 Å². The van der Waals surface area contributed by atoms with Gasteiger partial charge in [-0.3, -0.25) is 4.79 Å². The average Bonchev–Trinajstić information content (AvgIpc) is 3.39. The van der Waals surface area contributed by atoms with Gasteiger partial charge in [-0.2, -0.15) is 5.10 Å². The Bertz CT molecular complexity index is 1530. The molecular formula is C31H31N5O2. The van der Waals surface area contributed by atoms with Gasteiger partial charge in [0.15, 0.2) is 5.65 Å². The summed E-state index contributed by atoms with van der Waals surface area (Å²) in [6.07, 6.45) is 0. The van der Waals surface area contributed by atoms with Crippen molar-refractivity contribution in [2.24, 2.45) is 0 Å². The molecule has 0 aliphatic rings. The molecule has 0 aliphatic carbocycles. The highest BCUT2D eigenvalue weighted by Gasteiger charge is 2.23. The van der Waals surface area contributed by atoms with Gasteiger partial charge in [0, 0.05) is 36.8 Å². The Morgan fingerprint density at radius 1 is 0.842 bits per heavy atom. The van der Waals surface area contributed by atoms with Crippen LogP contribution in [0.2, 0.25) is 0 Å². The van der Waals surface area contributed by atoms with Gasteiger partial charge >= 0.3 is 0 Å². The minimum absolute atomic E-state index is 0.109. The summed E-state index contributed by atoms with van der Waals surface area (Å²) >= 11 is 0. The van der Waals surface area contributed by atoms with Crippen molar-refractivity contribution in [2.45, 2.75) is 6.54 Å². The van der Waals surface area contributed by atoms with Gasteiger partial charge in [-0.05, 0) is 37.9 Å². The van der Waals surface area contributed by atoms with Crippen LogP contribution in [0.25, 0.3) is 28.2 Å². The van der Waals surface area contributed by atoms with Crippen LogP contribution >= 0.6 is 0 Å². The summed E-state index contributed by atoms with van der Waals surface area (Å²) in [7, 11) is 5.66. The number of ether oxygens (including phenoxy) is 1. The van der Waals surface area contributed by atoms with Crippen LogP contribution in [0.15, 0.2) is 97.1 Å². The van der Waals surface area contributed by atoms with Crippen molar-refractivity contribution in [2.75, 3.05) is 34.3 Å². The SMILES string of the molecule is COc1ccccc1-c1cc(C(=O)N(CCN(C)C)Cc2ccccc2)n2nc(-c3ccccc3)cc2n1. The van der Waals surface area contributed by atoms with Crippen LogP contribution in [0.5, 0.6) is 5.75 Å². The number of likely N-dealkylation sites (N-methyl/N-ethyl adjacent to an activating group) is 1. The summed E-state index contributed by atoms with van der Waals surface area (Å²) in [5, 5.41) is 4.83. The van der Waals surface area contributed by atoms with Gasteiger partial charge in [0.2, 0.25) is 0 Å². The number of carbonyl (C=O) groups is 1. The molecule has 1 amide bonds. The highest BCUT2D eigenvalue weighted by Crippen LogP contribution is 2.30. The second-order valence-electron chi connectivity index (χ2n) is 9.41. The summed E-state index contributed by atoms with van der Waals surface area (Å²) in [6, 6.07) is 31.4. The lowest BCUT2D eigenvalue weighted by molar-refractivity contribution is 0.0723. The van der Waals surface area contributed by atoms with E-state index in [9.17, 15) is 4.79 Å². The Balaban J connectivity index is 1.65. The van der Waals surface area contributed by atoms with E-state index in [2.05, 4.69) is 4.90 Å². The molecule has 5 rings (SSSR count). The molecule has 3 aromatic carbocycles. The average molecular weight is 506 g/mol. The number of carbonyl (C=O) groups excluding carboxylic acids is 1. The first-order valence-corrected chi connectivity index (χ1v) is 12.6. The van der Waals surface area contributed by atoms with E-state index >= 15 is 0 Å². The van der Waals surface area contributed by atoms with E-state index in [-0.39, 0.29) is 5.91 Å². The van der Waals surface area contributed by atoms with Crippen molar-refractivity contribution >= 4 is 11.6 Å². The fourth-order valence-corrected chi connectivity index (χ4v) is 4.41. The third-order valence-corrected chi connectivity index (χ3v) is 6.42. The maximum Gasteiger partial charge on any atom is 0.273 e. The Kier molecular flexibility index (Phi) is 7.47. The highest BCUT2D eigenvalue weighted by molar-refractivity contribution is 5.94. The first-order valence-electron chi connectivity index (χ1n) is 12.6. The standard InChI is InChI=1S/C31H31N5O2/c1-34(2)18-19-35(22-23-12-6-4-7-13-23)31(37)28-20-27(25-16-10-11-17-29(25)38-3)32-30-21-26(33-36(28)30)24-14-8-5-9-15-24/h4-17,20-21H,18-19,22H2,1-3H3. The molecule has 0 saturated carbocycles. The number of amides is 1. The summed E-state index contributed by atoms with van der Waals surface area (Å²) in [5.41, 5.74) is 5.31. The molecule has 2 aromatic heterocycles. The molecule has 0 fully saturated rings. The predicted octanol–water partition coefficient (Wildman–Crippen LogP) is 5.28. The number of hydrogen-bond donors (Lipinski definition) is 0. The van der Waals surface area contributed by atoms with Gasteiger partial charge in [-0.1, -0.05) is 72.8 Å². The molecule has 0 bridgehead atoms. The van der Waals surface area contributed by atoms with Crippen LogP contribution in [0.3, 0.4) is 0 Å². The molecule has 0 radical (unpaired) electrons. The lowest BCUT2D eigenvalue weighted by Crippen LogP contribution is -2.37. The number of aromatic nitrogens is 3. The van der Waals surface area contributed by atoms with Crippen molar-refractivity contribution < 1.29 is 9.53 Å². The quantitative estimate of drug-likeness (QED) is 0.273. The third-order valence-electron chi connectivity index (χ3n) is 6.42. The summed E-state index contributed by atoms with van der Waals surface area (Å²) < 4.78 is 7.28. The molecule has 0 atom stereocenters. The lowest BCUT2D eigenvalue weighted by Gasteiger charge is -2.25. The molecule has 7 heteroatoms. The second-order valence-corrected chi connectivity index (χ2v) is 9.41. The molecule has 38 heavy (non-hydrogen) atoms. The number of methoxy groups -OCH3 is 1. The summed E-state index contributed by atoms with van der Waals surface area (Å²) in [4.78, 5) is 23.1. The number of rotatable bonds is 9. The van der Waals surface area contributed by atoms with Crippen LogP contribution < -0.4 is 4.74 Å². The van der Waals surface area contributed by atoms with Crippen LogP contribution in [0.1, 0.15) is 16.1 Å². The Labute approximate surface area is 222 Å². The Morgan fingerprint density at radius 2 is 1.53 bits per heavy atom. The Morgan fingerprint density at radius 3 is 2.24 bits per heavy atom. The number of benzene rings is 3. The molecule has 5 aromatic rings. The van der Waals surface area contributed by atoms with Crippen LogP contribution in [0, 0.1) is 0 Å². The minimum Gasteiger partial charge on any atom is -0.496 e. The predicted molar refractivity (Wildman–Crippen MR) is 150 cm³/mol. The maximum absolute atomic E-state index is 14.2. The molecular weight excluding hydrogens is 474 g/mol. The van der Waals surface area contributed by atoms with Gasteiger partial charge in [0.1, 0.15) is 11.4 Å².